The van der Waals surface area contributed by atoms with Crippen LogP contribution in [0.2, 0.25) is 0 Å². The molecule has 0 aliphatic heterocycles. The van der Waals surface area contributed by atoms with Gasteiger partial charge in [-0.1, -0.05) is 12.1 Å². The summed E-state index contributed by atoms with van der Waals surface area (Å²) in [6.45, 7) is 5.46. The minimum absolute atomic E-state index is 0.0449. The van der Waals surface area contributed by atoms with Crippen LogP contribution in [0.3, 0.4) is 0 Å². The zero-order chi connectivity index (χ0) is 17.5. The van der Waals surface area contributed by atoms with E-state index < -0.39 is 12.1 Å². The number of carbonyl (C=O) groups is 2. The number of hydrogen-bond donors (Lipinski definition) is 2. The van der Waals surface area contributed by atoms with E-state index in [1.165, 1.54) is 18.2 Å². The number of amides is 2. The Bertz CT molecular complexity index is 543. The number of anilines is 1. The molecule has 1 aromatic rings. The number of rotatable bonds is 7. The van der Waals surface area contributed by atoms with Gasteiger partial charge in [-0.2, -0.15) is 13.2 Å². The lowest BCUT2D eigenvalue weighted by atomic mass is 10.2. The number of benzene rings is 1. The van der Waals surface area contributed by atoms with Crippen LogP contribution in [0.25, 0.3) is 0 Å². The standard InChI is InChI=1S/C15H20F3N3O2/c1-3-21(4-2)13(22)10-19-9-11-6-5-7-12(8-11)20-14(23)15(16,17)18/h5-8,19H,3-4,9-10H2,1-2H3,(H,20,23). The van der Waals surface area contributed by atoms with Gasteiger partial charge in [-0.15, -0.1) is 0 Å². The van der Waals surface area contributed by atoms with Crippen molar-refractivity contribution < 1.29 is 22.8 Å². The molecule has 1 aromatic carbocycles. The summed E-state index contributed by atoms with van der Waals surface area (Å²) in [5, 5.41) is 4.73. The van der Waals surface area contributed by atoms with Gasteiger partial charge in [0.2, 0.25) is 5.91 Å². The van der Waals surface area contributed by atoms with Gasteiger partial charge in [0.05, 0.1) is 6.54 Å². The third-order valence-electron chi connectivity index (χ3n) is 3.16. The van der Waals surface area contributed by atoms with Crippen molar-refractivity contribution in [3.8, 4) is 0 Å². The molecule has 0 atom stereocenters. The SMILES string of the molecule is CCN(CC)C(=O)CNCc1cccc(NC(=O)C(F)(F)F)c1. The van der Waals surface area contributed by atoms with Crippen molar-refractivity contribution in [2.75, 3.05) is 25.0 Å². The number of carbonyl (C=O) groups excluding carboxylic acids is 2. The number of likely N-dealkylation sites (N-methyl/N-ethyl adjacent to an activating group) is 1. The van der Waals surface area contributed by atoms with Gasteiger partial charge < -0.3 is 15.5 Å². The van der Waals surface area contributed by atoms with Crippen LogP contribution in [0.1, 0.15) is 19.4 Å². The monoisotopic (exact) mass is 331 g/mol. The van der Waals surface area contributed by atoms with Crippen LogP contribution >= 0.6 is 0 Å². The fraction of sp³-hybridized carbons (Fsp3) is 0.467. The van der Waals surface area contributed by atoms with Crippen LogP contribution < -0.4 is 10.6 Å². The Balaban J connectivity index is 2.55. The van der Waals surface area contributed by atoms with Crippen LogP contribution in [0.5, 0.6) is 0 Å². The smallest absolute Gasteiger partial charge is 0.342 e. The Kier molecular flexibility index (Phi) is 7.02. The lowest BCUT2D eigenvalue weighted by molar-refractivity contribution is -0.167. The Morgan fingerprint density at radius 3 is 2.39 bits per heavy atom. The molecule has 1 rings (SSSR count). The van der Waals surface area contributed by atoms with E-state index in [2.05, 4.69) is 5.32 Å². The largest absolute Gasteiger partial charge is 0.471 e. The fourth-order valence-electron chi connectivity index (χ4n) is 1.96. The Morgan fingerprint density at radius 2 is 1.83 bits per heavy atom. The molecule has 8 heteroatoms. The topological polar surface area (TPSA) is 61.4 Å². The van der Waals surface area contributed by atoms with Gasteiger partial charge >= 0.3 is 12.1 Å². The Morgan fingerprint density at radius 1 is 1.17 bits per heavy atom. The molecule has 0 aliphatic rings. The van der Waals surface area contributed by atoms with Gasteiger partial charge in [-0.3, -0.25) is 9.59 Å². The normalized spacial score (nSPS) is 11.2. The molecular weight excluding hydrogens is 311 g/mol. The molecule has 0 radical (unpaired) electrons. The third-order valence-corrected chi connectivity index (χ3v) is 3.16. The fourth-order valence-corrected chi connectivity index (χ4v) is 1.96. The maximum absolute atomic E-state index is 12.2. The molecule has 2 N–H and O–H groups in total. The lowest BCUT2D eigenvalue weighted by Crippen LogP contribution is -2.37. The zero-order valence-corrected chi connectivity index (χ0v) is 13.0. The molecule has 5 nitrogen and oxygen atoms in total. The molecule has 2 amide bonds. The molecule has 0 bridgehead atoms. The van der Waals surface area contributed by atoms with Crippen LogP contribution in [0.4, 0.5) is 18.9 Å². The van der Waals surface area contributed by atoms with Gasteiger partial charge in [-0.25, -0.2) is 0 Å². The van der Waals surface area contributed by atoms with Crippen molar-refractivity contribution in [3.05, 3.63) is 29.8 Å². The minimum Gasteiger partial charge on any atom is -0.342 e. The summed E-state index contributed by atoms with van der Waals surface area (Å²) in [4.78, 5) is 24.4. The summed E-state index contributed by atoms with van der Waals surface area (Å²) in [7, 11) is 0. The van der Waals surface area contributed by atoms with Gasteiger partial charge in [0.1, 0.15) is 0 Å². The van der Waals surface area contributed by atoms with Crippen LogP contribution in [0, 0.1) is 0 Å². The average Bonchev–Trinajstić information content (AvgIpc) is 2.48. The third kappa shape index (κ3) is 6.27. The Labute approximate surface area is 132 Å². The highest BCUT2D eigenvalue weighted by Gasteiger charge is 2.38. The molecule has 0 aliphatic carbocycles. The van der Waals surface area contributed by atoms with E-state index in [4.69, 9.17) is 0 Å². The van der Waals surface area contributed by atoms with E-state index in [1.807, 2.05) is 13.8 Å². The Hall–Kier alpha value is -2.09. The molecule has 0 unspecified atom stereocenters. The first-order chi connectivity index (χ1) is 10.8. The van der Waals surface area contributed by atoms with Crippen LogP contribution in [-0.2, 0) is 16.1 Å². The number of halogens is 3. The van der Waals surface area contributed by atoms with Gasteiger partial charge in [0, 0.05) is 25.3 Å². The summed E-state index contributed by atoms with van der Waals surface area (Å²) in [6, 6.07) is 6.03. The van der Waals surface area contributed by atoms with E-state index in [9.17, 15) is 22.8 Å². The zero-order valence-electron chi connectivity index (χ0n) is 13.0. The second-order valence-electron chi connectivity index (χ2n) is 4.82. The maximum Gasteiger partial charge on any atom is 0.471 e. The molecule has 23 heavy (non-hydrogen) atoms. The van der Waals surface area contributed by atoms with E-state index in [1.54, 1.807) is 16.3 Å². The predicted molar refractivity (Wildman–Crippen MR) is 80.8 cm³/mol. The summed E-state index contributed by atoms with van der Waals surface area (Å²) >= 11 is 0. The lowest BCUT2D eigenvalue weighted by Gasteiger charge is -2.18. The van der Waals surface area contributed by atoms with Crippen molar-refractivity contribution in [2.45, 2.75) is 26.6 Å². The summed E-state index contributed by atoms with van der Waals surface area (Å²) in [6.07, 6.45) is -4.93. The second kappa shape index (κ2) is 8.52. The maximum atomic E-state index is 12.2. The predicted octanol–water partition coefficient (Wildman–Crippen LogP) is 2.15. The highest BCUT2D eigenvalue weighted by molar-refractivity contribution is 5.94. The van der Waals surface area contributed by atoms with Gasteiger partial charge in [0.25, 0.3) is 0 Å². The number of alkyl halides is 3. The molecule has 0 aromatic heterocycles. The summed E-state index contributed by atoms with van der Waals surface area (Å²) in [5.74, 6) is -2.06. The molecule has 0 spiro atoms. The highest BCUT2D eigenvalue weighted by Crippen LogP contribution is 2.18. The van der Waals surface area contributed by atoms with E-state index in [-0.39, 0.29) is 18.1 Å². The van der Waals surface area contributed by atoms with Crippen molar-refractivity contribution in [3.63, 3.8) is 0 Å². The van der Waals surface area contributed by atoms with Crippen molar-refractivity contribution in [1.29, 1.82) is 0 Å². The average molecular weight is 331 g/mol. The first-order valence-electron chi connectivity index (χ1n) is 7.23. The minimum atomic E-state index is -4.93. The first-order valence-corrected chi connectivity index (χ1v) is 7.23. The van der Waals surface area contributed by atoms with Crippen LogP contribution in [0.15, 0.2) is 24.3 Å². The summed E-state index contributed by atoms with van der Waals surface area (Å²) in [5.41, 5.74) is 0.721. The van der Waals surface area contributed by atoms with Crippen molar-refractivity contribution in [1.82, 2.24) is 10.2 Å². The number of nitrogens with zero attached hydrogens (tertiary/aromatic N) is 1. The molecule has 0 fully saturated rings. The molecule has 0 heterocycles. The number of nitrogens with one attached hydrogen (secondary N) is 2. The molecule has 0 saturated heterocycles. The van der Waals surface area contributed by atoms with Crippen molar-refractivity contribution in [2.24, 2.45) is 0 Å². The second-order valence-corrected chi connectivity index (χ2v) is 4.82. The molecule has 0 saturated carbocycles. The van der Waals surface area contributed by atoms with Crippen LogP contribution in [-0.4, -0.2) is 42.5 Å². The van der Waals surface area contributed by atoms with Gasteiger partial charge in [-0.05, 0) is 31.5 Å². The van der Waals surface area contributed by atoms with Gasteiger partial charge in [0.15, 0.2) is 0 Å². The quantitative estimate of drug-likeness (QED) is 0.805. The summed E-state index contributed by atoms with van der Waals surface area (Å²) < 4.78 is 36.6. The molecular formula is C15H20F3N3O2. The number of hydrogen-bond acceptors (Lipinski definition) is 3. The first kappa shape index (κ1) is 19.0. The highest BCUT2D eigenvalue weighted by atomic mass is 19.4. The van der Waals surface area contributed by atoms with E-state index >= 15 is 0 Å². The van der Waals surface area contributed by atoms with E-state index in [0.717, 1.165) is 0 Å². The van der Waals surface area contributed by atoms with Crippen molar-refractivity contribution >= 4 is 17.5 Å². The molecule has 128 valence electrons. The van der Waals surface area contributed by atoms with E-state index in [0.29, 0.717) is 25.2 Å².